The Morgan fingerprint density at radius 2 is 2.05 bits per heavy atom. The van der Waals surface area contributed by atoms with Crippen molar-refractivity contribution in [2.45, 2.75) is 64.3 Å². The molecule has 0 radical (unpaired) electrons. The number of amides is 1. The van der Waals surface area contributed by atoms with Crippen LogP contribution < -0.4 is 9.64 Å². The predicted molar refractivity (Wildman–Crippen MR) is 153 cm³/mol. The summed E-state index contributed by atoms with van der Waals surface area (Å²) >= 11 is 0. The lowest BCUT2D eigenvalue weighted by Crippen LogP contribution is -2.72. The van der Waals surface area contributed by atoms with Gasteiger partial charge in [-0.2, -0.15) is 10.4 Å². The van der Waals surface area contributed by atoms with Gasteiger partial charge in [-0.05, 0) is 64.9 Å². The fraction of sp³-hybridized carbons (Fsp3) is 0.533. The first-order valence-corrected chi connectivity index (χ1v) is 13.7. The van der Waals surface area contributed by atoms with Crippen molar-refractivity contribution in [1.29, 1.82) is 5.26 Å². The molecule has 3 fully saturated rings. The topological polar surface area (TPSA) is 110 Å². The van der Waals surface area contributed by atoms with Crippen LogP contribution in [0.1, 0.15) is 48.8 Å². The number of aliphatic hydroxyl groups is 1. The lowest BCUT2D eigenvalue weighted by atomic mass is 9.85. The molecular weight excluding hydrogens is 506 g/mol. The number of pyridine rings is 2. The number of carbonyl (C=O) groups excluding carboxylic acids is 1. The molecule has 10 heteroatoms. The van der Waals surface area contributed by atoms with E-state index in [1.807, 2.05) is 23.1 Å². The summed E-state index contributed by atoms with van der Waals surface area (Å²) in [6.07, 6.45) is 6.58. The Bertz CT molecular complexity index is 1450. The fourth-order valence-corrected chi connectivity index (χ4v) is 5.65. The maximum absolute atomic E-state index is 13.6. The molecular formula is C30H39N7O3. The minimum absolute atomic E-state index is 0.0391. The summed E-state index contributed by atoms with van der Waals surface area (Å²) < 4.78 is 23.1. The van der Waals surface area contributed by atoms with Crippen LogP contribution >= 0.6 is 0 Å². The van der Waals surface area contributed by atoms with Crippen molar-refractivity contribution in [3.63, 3.8) is 0 Å². The number of piperazine rings is 1. The van der Waals surface area contributed by atoms with Crippen molar-refractivity contribution in [3.8, 4) is 22.9 Å². The van der Waals surface area contributed by atoms with Crippen LogP contribution in [0.15, 0.2) is 36.8 Å². The summed E-state index contributed by atoms with van der Waals surface area (Å²) in [6, 6.07) is 7.70. The largest absolute Gasteiger partial charge is 0.489 e. The molecule has 1 amide bonds. The summed E-state index contributed by atoms with van der Waals surface area (Å²) in [7, 11) is -0.123. The number of hydrogen-bond donors (Lipinski definition) is 1. The highest BCUT2D eigenvalue weighted by atomic mass is 16.5. The molecule has 6 rings (SSSR count). The molecule has 0 saturated carbocycles. The van der Waals surface area contributed by atoms with Gasteiger partial charge in [0, 0.05) is 33.2 Å². The number of rotatable bonds is 9. The van der Waals surface area contributed by atoms with Crippen LogP contribution in [-0.2, 0) is 4.79 Å². The average Bonchev–Trinajstić information content (AvgIpc) is 3.38. The molecule has 3 aliphatic heterocycles. The number of ether oxygens (including phenoxy) is 1. The van der Waals surface area contributed by atoms with E-state index in [1.165, 1.54) is 6.20 Å². The Morgan fingerprint density at radius 1 is 1.30 bits per heavy atom. The maximum atomic E-state index is 13.6. The van der Waals surface area contributed by atoms with Gasteiger partial charge in [0.25, 0.3) is 0 Å². The van der Waals surface area contributed by atoms with Gasteiger partial charge in [0.1, 0.15) is 24.2 Å². The first-order chi connectivity index (χ1) is 20.0. The predicted octanol–water partition coefficient (Wildman–Crippen LogP) is 3.18. The number of nitriles is 1. The van der Waals surface area contributed by atoms with Gasteiger partial charge in [0.2, 0.25) is 5.91 Å². The van der Waals surface area contributed by atoms with Gasteiger partial charge in [0.15, 0.2) is 0 Å². The molecule has 2 unspecified atom stereocenters. The van der Waals surface area contributed by atoms with Gasteiger partial charge < -0.3 is 19.6 Å². The van der Waals surface area contributed by atoms with Crippen LogP contribution in [-0.4, -0.2) is 92.9 Å². The number of nitrogens with zero attached hydrogens (tertiary/aromatic N) is 7. The molecule has 3 aromatic rings. The zero-order valence-corrected chi connectivity index (χ0v) is 23.6. The Morgan fingerprint density at radius 3 is 2.65 bits per heavy atom. The molecule has 6 heterocycles. The van der Waals surface area contributed by atoms with Crippen molar-refractivity contribution in [3.05, 3.63) is 42.4 Å². The molecule has 212 valence electrons. The molecule has 0 aromatic carbocycles. The number of anilines is 1. The Balaban J connectivity index is 1.34. The first kappa shape index (κ1) is 25.3. The van der Waals surface area contributed by atoms with Gasteiger partial charge in [-0.15, -0.1) is 0 Å². The van der Waals surface area contributed by atoms with Gasteiger partial charge >= 0.3 is 0 Å². The van der Waals surface area contributed by atoms with Crippen molar-refractivity contribution in [2.24, 2.45) is 5.92 Å². The summed E-state index contributed by atoms with van der Waals surface area (Å²) in [4.78, 5) is 24.2. The van der Waals surface area contributed by atoms with E-state index in [0.29, 0.717) is 42.3 Å². The summed E-state index contributed by atoms with van der Waals surface area (Å²) in [5, 5.41) is 24.1. The number of likely N-dealkylation sites (N-methyl/N-ethyl adjacent to an activating group) is 1. The molecule has 3 aromatic heterocycles. The summed E-state index contributed by atoms with van der Waals surface area (Å²) in [6.45, 7) is 8.93. The van der Waals surface area contributed by atoms with E-state index in [1.54, 1.807) is 35.7 Å². The normalized spacial score (nSPS) is 20.2. The van der Waals surface area contributed by atoms with Crippen LogP contribution in [0.25, 0.3) is 16.6 Å². The molecule has 10 nitrogen and oxygen atoms in total. The molecule has 3 aliphatic rings. The van der Waals surface area contributed by atoms with Crippen LogP contribution in [0, 0.1) is 17.2 Å². The van der Waals surface area contributed by atoms with Gasteiger partial charge in [-0.3, -0.25) is 9.69 Å². The van der Waals surface area contributed by atoms with E-state index in [2.05, 4.69) is 29.9 Å². The number of hydrogen-bond acceptors (Lipinski definition) is 8. The number of carbonyl (C=O) groups is 1. The SMILES string of the molecule is [2H]CN(C[2H])[C@@H](CC(C)C)C(=O)N1C2CC1CN(c1ccc(-c3cc(OCC(C)(C)O)cn4ncc(C#N)c34)cn1)C2. The highest BCUT2D eigenvalue weighted by molar-refractivity contribution is 5.85. The van der Waals surface area contributed by atoms with E-state index in [9.17, 15) is 15.2 Å². The van der Waals surface area contributed by atoms with E-state index in [-0.39, 0.29) is 38.6 Å². The zero-order chi connectivity index (χ0) is 30.2. The quantitative estimate of drug-likeness (QED) is 0.435. The minimum atomic E-state index is -1.01. The van der Waals surface area contributed by atoms with Crippen LogP contribution in [0.4, 0.5) is 5.82 Å². The van der Waals surface area contributed by atoms with Gasteiger partial charge in [0.05, 0.1) is 47.2 Å². The molecule has 40 heavy (non-hydrogen) atoms. The van der Waals surface area contributed by atoms with Gasteiger partial charge in [-0.25, -0.2) is 9.50 Å². The second kappa shape index (κ2) is 10.7. The molecule has 2 bridgehead atoms. The number of aromatic nitrogens is 3. The standard InChI is InChI=1S/C30H39N7O3/c1-19(2)9-26(34(5)6)29(38)37-22-10-23(37)16-35(15-22)27-8-7-20(13-32-27)25-11-24(40-18-30(3,4)39)17-36-28(25)21(12-31)14-33-36/h7-8,11,13-14,17,19,22-23,26,39H,9-10,15-16,18H2,1-6H3/t22?,23?,26-/m0/s1/i5D,6D. The first-order valence-electron chi connectivity index (χ1n) is 15.1. The smallest absolute Gasteiger partial charge is 0.240 e. The van der Waals surface area contributed by atoms with E-state index < -0.39 is 11.6 Å². The Hall–Kier alpha value is -3.68. The van der Waals surface area contributed by atoms with Crippen molar-refractivity contribution < 1.29 is 17.4 Å². The second-order valence-electron chi connectivity index (χ2n) is 12.0. The number of fused-ring (bicyclic) bond motifs is 3. The molecule has 3 atom stereocenters. The lowest BCUT2D eigenvalue weighted by molar-refractivity contribution is -0.152. The monoisotopic (exact) mass is 547 g/mol. The maximum Gasteiger partial charge on any atom is 0.240 e. The highest BCUT2D eigenvalue weighted by Gasteiger charge is 2.49. The summed E-state index contributed by atoms with van der Waals surface area (Å²) in [5.41, 5.74) is 1.64. The highest BCUT2D eigenvalue weighted by Crippen LogP contribution is 2.37. The zero-order valence-electron chi connectivity index (χ0n) is 25.6. The van der Waals surface area contributed by atoms with Crippen molar-refractivity contribution in [1.82, 2.24) is 24.4 Å². The third-order valence-corrected chi connectivity index (χ3v) is 7.55. The van der Waals surface area contributed by atoms with Crippen LogP contribution in [0.2, 0.25) is 0 Å². The van der Waals surface area contributed by atoms with Crippen molar-refractivity contribution >= 4 is 17.2 Å². The molecule has 1 N–H and O–H groups in total. The third-order valence-electron chi connectivity index (χ3n) is 7.55. The Kier molecular flexibility index (Phi) is 6.77. The van der Waals surface area contributed by atoms with Crippen LogP contribution in [0.5, 0.6) is 5.75 Å². The molecule has 0 aliphatic carbocycles. The van der Waals surface area contributed by atoms with E-state index >= 15 is 0 Å². The van der Waals surface area contributed by atoms with E-state index in [0.717, 1.165) is 23.4 Å². The Labute approximate surface area is 238 Å². The third kappa shape index (κ3) is 5.49. The molecule has 3 saturated heterocycles. The minimum Gasteiger partial charge on any atom is -0.489 e. The second-order valence-corrected chi connectivity index (χ2v) is 12.0. The van der Waals surface area contributed by atoms with Crippen molar-refractivity contribution in [2.75, 3.05) is 38.6 Å². The van der Waals surface area contributed by atoms with Crippen LogP contribution in [0.3, 0.4) is 0 Å². The van der Waals surface area contributed by atoms with Gasteiger partial charge in [-0.1, -0.05) is 13.8 Å². The number of piperidine rings is 1. The average molecular weight is 548 g/mol. The fourth-order valence-electron chi connectivity index (χ4n) is 5.65. The lowest BCUT2D eigenvalue weighted by Gasteiger charge is -2.57. The van der Waals surface area contributed by atoms with E-state index in [4.69, 9.17) is 12.5 Å². The summed E-state index contributed by atoms with van der Waals surface area (Å²) in [5.74, 6) is 1.67. The molecule has 0 spiro atoms.